The summed E-state index contributed by atoms with van der Waals surface area (Å²) in [4.78, 5) is 0. The maximum atomic E-state index is 9.00. The minimum atomic E-state index is 0.238. The largest absolute Gasteiger partial charge is 0.396 e. The Bertz CT molecular complexity index is 156. The second-order valence-corrected chi connectivity index (χ2v) is 3.69. The Balaban J connectivity index is 2.40. The highest BCUT2D eigenvalue weighted by molar-refractivity contribution is 5.02. The molecule has 1 rings (SSSR count). The molecule has 0 aromatic rings. The van der Waals surface area contributed by atoms with Crippen molar-refractivity contribution in [2.75, 3.05) is 13.2 Å². The van der Waals surface area contributed by atoms with Crippen LogP contribution in [-0.4, -0.2) is 23.4 Å². The summed E-state index contributed by atoms with van der Waals surface area (Å²) < 4.78 is 0. The maximum Gasteiger partial charge on any atom is 0.0465 e. The molecule has 2 heteroatoms. The van der Waals surface area contributed by atoms with Gasteiger partial charge in [-0.15, -0.1) is 6.58 Å². The lowest BCUT2D eigenvalue weighted by atomic mass is 10.0. The molecule has 1 aliphatic carbocycles. The van der Waals surface area contributed by atoms with Crippen LogP contribution in [0.4, 0.5) is 0 Å². The van der Waals surface area contributed by atoms with Crippen molar-refractivity contribution in [3.05, 3.63) is 12.7 Å². The van der Waals surface area contributed by atoms with E-state index in [-0.39, 0.29) is 13.2 Å². The zero-order valence-corrected chi connectivity index (χ0v) is 7.61. The summed E-state index contributed by atoms with van der Waals surface area (Å²) in [5, 5.41) is 17.8. The Morgan fingerprint density at radius 3 is 2.50 bits per heavy atom. The quantitative estimate of drug-likeness (QED) is 0.605. The molecule has 2 unspecified atom stereocenters. The average molecular weight is 170 g/mol. The number of hydrogen-bond acceptors (Lipinski definition) is 2. The van der Waals surface area contributed by atoms with Gasteiger partial charge >= 0.3 is 0 Å². The Hall–Kier alpha value is -0.340. The third-order valence-electron chi connectivity index (χ3n) is 3.05. The van der Waals surface area contributed by atoms with Crippen LogP contribution in [0.2, 0.25) is 0 Å². The van der Waals surface area contributed by atoms with Gasteiger partial charge in [-0.05, 0) is 30.1 Å². The lowest BCUT2D eigenvalue weighted by Crippen LogP contribution is -1.97. The van der Waals surface area contributed by atoms with Crippen LogP contribution in [0.5, 0.6) is 0 Å². The summed E-state index contributed by atoms with van der Waals surface area (Å²) in [5.41, 5.74) is 0. The molecule has 0 bridgehead atoms. The first-order valence-electron chi connectivity index (χ1n) is 4.60. The Morgan fingerprint density at radius 2 is 2.08 bits per heavy atom. The van der Waals surface area contributed by atoms with E-state index in [0.29, 0.717) is 23.7 Å². The van der Waals surface area contributed by atoms with Gasteiger partial charge < -0.3 is 10.2 Å². The van der Waals surface area contributed by atoms with Crippen LogP contribution < -0.4 is 0 Å². The number of allylic oxidation sites excluding steroid dienone is 1. The number of aliphatic hydroxyl groups is 2. The van der Waals surface area contributed by atoms with Gasteiger partial charge in [0.1, 0.15) is 0 Å². The monoisotopic (exact) mass is 170 g/mol. The average Bonchev–Trinajstić information content (AvgIpc) is 2.78. The molecule has 12 heavy (non-hydrogen) atoms. The number of aliphatic hydroxyl groups excluding tert-OH is 2. The molecule has 0 aromatic heterocycles. The van der Waals surface area contributed by atoms with Gasteiger partial charge in [0.15, 0.2) is 0 Å². The standard InChI is InChI=1S/C10H18O2/c1-3-7(2)10-8(4-5-11)9(10)6-12/h3,7-12H,1,4-6H2,2H3/t7?,8-,9?,10+/m0/s1. The van der Waals surface area contributed by atoms with Crippen LogP contribution in [0.25, 0.3) is 0 Å². The number of hydrogen-bond donors (Lipinski definition) is 2. The Morgan fingerprint density at radius 1 is 1.42 bits per heavy atom. The molecule has 1 saturated carbocycles. The van der Waals surface area contributed by atoms with E-state index in [4.69, 9.17) is 10.2 Å². The zero-order valence-electron chi connectivity index (χ0n) is 7.61. The van der Waals surface area contributed by atoms with Crippen LogP contribution in [0.1, 0.15) is 13.3 Å². The van der Waals surface area contributed by atoms with E-state index in [1.165, 1.54) is 0 Å². The van der Waals surface area contributed by atoms with Crippen LogP contribution in [0.3, 0.4) is 0 Å². The summed E-state index contributed by atoms with van der Waals surface area (Å²) in [5.74, 6) is 1.96. The predicted molar refractivity (Wildman–Crippen MR) is 48.6 cm³/mol. The van der Waals surface area contributed by atoms with E-state index >= 15 is 0 Å². The van der Waals surface area contributed by atoms with Crippen LogP contribution >= 0.6 is 0 Å². The summed E-state index contributed by atoms with van der Waals surface area (Å²) in [6.07, 6.45) is 2.76. The van der Waals surface area contributed by atoms with Crippen molar-refractivity contribution >= 4 is 0 Å². The molecule has 0 amide bonds. The van der Waals surface area contributed by atoms with E-state index in [1.54, 1.807) is 0 Å². The zero-order chi connectivity index (χ0) is 9.14. The lowest BCUT2D eigenvalue weighted by molar-refractivity contribution is 0.247. The van der Waals surface area contributed by atoms with Gasteiger partial charge in [-0.1, -0.05) is 13.0 Å². The molecule has 0 spiro atoms. The van der Waals surface area contributed by atoms with Gasteiger partial charge in [0.05, 0.1) is 0 Å². The molecule has 0 heterocycles. The molecule has 0 aliphatic heterocycles. The van der Waals surface area contributed by atoms with Crippen LogP contribution in [-0.2, 0) is 0 Å². The molecule has 2 nitrogen and oxygen atoms in total. The SMILES string of the molecule is C=CC(C)[C@H]1C(CO)[C@@H]1CCO. The summed E-state index contributed by atoms with van der Waals surface area (Å²) >= 11 is 0. The van der Waals surface area contributed by atoms with Crippen LogP contribution in [0.15, 0.2) is 12.7 Å². The van der Waals surface area contributed by atoms with Gasteiger partial charge in [0.25, 0.3) is 0 Å². The second kappa shape index (κ2) is 4.06. The molecule has 0 aromatic carbocycles. The fraction of sp³-hybridized carbons (Fsp3) is 0.800. The van der Waals surface area contributed by atoms with E-state index in [9.17, 15) is 0 Å². The molecular formula is C10H18O2. The van der Waals surface area contributed by atoms with Gasteiger partial charge in [-0.25, -0.2) is 0 Å². The summed E-state index contributed by atoms with van der Waals surface area (Å²) in [7, 11) is 0. The molecule has 70 valence electrons. The molecule has 1 fully saturated rings. The van der Waals surface area contributed by atoms with Crippen molar-refractivity contribution in [3.63, 3.8) is 0 Å². The second-order valence-electron chi connectivity index (χ2n) is 3.69. The molecule has 2 N–H and O–H groups in total. The summed E-state index contributed by atoms with van der Waals surface area (Å²) in [6, 6.07) is 0. The molecular weight excluding hydrogens is 152 g/mol. The molecule has 0 radical (unpaired) electrons. The first kappa shape index (κ1) is 9.75. The summed E-state index contributed by atoms with van der Waals surface area (Å²) in [6.45, 7) is 6.36. The maximum absolute atomic E-state index is 9.00. The van der Waals surface area contributed by atoms with E-state index in [2.05, 4.69) is 13.5 Å². The smallest absolute Gasteiger partial charge is 0.0465 e. The minimum absolute atomic E-state index is 0.238. The third kappa shape index (κ3) is 1.70. The fourth-order valence-electron chi connectivity index (χ4n) is 2.22. The highest BCUT2D eigenvalue weighted by Gasteiger charge is 2.50. The van der Waals surface area contributed by atoms with Crippen molar-refractivity contribution in [2.24, 2.45) is 23.7 Å². The van der Waals surface area contributed by atoms with Gasteiger partial charge in [-0.3, -0.25) is 0 Å². The van der Waals surface area contributed by atoms with Crippen molar-refractivity contribution in [2.45, 2.75) is 13.3 Å². The normalized spacial score (nSPS) is 36.1. The lowest BCUT2D eigenvalue weighted by Gasteiger charge is -2.02. The van der Waals surface area contributed by atoms with Crippen molar-refractivity contribution in [1.29, 1.82) is 0 Å². The Kier molecular flexibility index (Phi) is 3.29. The topological polar surface area (TPSA) is 40.5 Å². The van der Waals surface area contributed by atoms with Crippen molar-refractivity contribution < 1.29 is 10.2 Å². The Labute approximate surface area is 73.9 Å². The minimum Gasteiger partial charge on any atom is -0.396 e. The molecule has 4 atom stereocenters. The van der Waals surface area contributed by atoms with E-state index in [0.717, 1.165) is 6.42 Å². The first-order chi connectivity index (χ1) is 5.76. The molecule has 0 saturated heterocycles. The van der Waals surface area contributed by atoms with Gasteiger partial charge in [0, 0.05) is 13.2 Å². The van der Waals surface area contributed by atoms with Gasteiger partial charge in [0.2, 0.25) is 0 Å². The fourth-order valence-corrected chi connectivity index (χ4v) is 2.22. The van der Waals surface area contributed by atoms with E-state index in [1.807, 2.05) is 6.08 Å². The predicted octanol–water partition coefficient (Wildman–Crippen LogP) is 1.05. The molecule has 1 aliphatic rings. The first-order valence-corrected chi connectivity index (χ1v) is 4.60. The van der Waals surface area contributed by atoms with Gasteiger partial charge in [-0.2, -0.15) is 0 Å². The van der Waals surface area contributed by atoms with Crippen molar-refractivity contribution in [3.8, 4) is 0 Å². The van der Waals surface area contributed by atoms with Crippen molar-refractivity contribution in [1.82, 2.24) is 0 Å². The van der Waals surface area contributed by atoms with Crippen LogP contribution in [0, 0.1) is 23.7 Å². The number of rotatable bonds is 5. The highest BCUT2D eigenvalue weighted by atomic mass is 16.3. The van der Waals surface area contributed by atoms with E-state index < -0.39 is 0 Å². The third-order valence-corrected chi connectivity index (χ3v) is 3.05. The highest BCUT2D eigenvalue weighted by Crippen LogP contribution is 2.52.